The fourth-order valence-electron chi connectivity index (χ4n) is 2.50. The lowest BCUT2D eigenvalue weighted by molar-refractivity contribution is -0.131. The van der Waals surface area contributed by atoms with Gasteiger partial charge in [-0.3, -0.25) is 9.55 Å². The summed E-state index contributed by atoms with van der Waals surface area (Å²) >= 11 is 0. The van der Waals surface area contributed by atoms with Crippen molar-refractivity contribution in [3.05, 3.63) is 60.1 Å². The van der Waals surface area contributed by atoms with E-state index in [1.165, 1.54) is 18.3 Å². The summed E-state index contributed by atoms with van der Waals surface area (Å²) in [4.78, 5) is 15.2. The Balaban J connectivity index is 2.19. The summed E-state index contributed by atoms with van der Waals surface area (Å²) in [6.45, 7) is 1.91. The molecule has 3 aromatic rings. The molecule has 0 spiro atoms. The largest absolute Gasteiger partial charge is 0.478 e. The molecule has 3 rings (SSSR count). The quantitative estimate of drug-likeness (QED) is 0.670. The number of aromatic nitrogens is 4. The van der Waals surface area contributed by atoms with Crippen LogP contribution in [-0.2, 0) is 14.6 Å². The molecule has 0 radical (unpaired) electrons. The Morgan fingerprint density at radius 1 is 1.15 bits per heavy atom. The van der Waals surface area contributed by atoms with Gasteiger partial charge in [-0.2, -0.15) is 0 Å². The highest BCUT2D eigenvalue weighted by Crippen LogP contribution is 2.25. The van der Waals surface area contributed by atoms with E-state index in [9.17, 15) is 13.2 Å². The van der Waals surface area contributed by atoms with Crippen LogP contribution in [0.1, 0.15) is 11.4 Å². The number of carbonyl (C=O) groups is 1. The maximum absolute atomic E-state index is 11.6. The Morgan fingerprint density at radius 2 is 1.89 bits per heavy atom. The summed E-state index contributed by atoms with van der Waals surface area (Å²) in [7, 11) is -3.37. The lowest BCUT2D eigenvalue weighted by Gasteiger charge is -2.11. The number of sulfone groups is 1. The predicted octanol–water partition coefficient (Wildman–Crippen LogP) is 2.14. The number of pyridine rings is 1. The normalized spacial score (nSPS) is 11.8. The summed E-state index contributed by atoms with van der Waals surface area (Å²) in [6.07, 6.45) is 4.68. The van der Waals surface area contributed by atoms with Gasteiger partial charge < -0.3 is 5.11 Å². The highest BCUT2D eigenvalue weighted by molar-refractivity contribution is 7.90. The molecule has 0 bridgehead atoms. The van der Waals surface area contributed by atoms with E-state index in [0.717, 1.165) is 23.6 Å². The summed E-state index contributed by atoms with van der Waals surface area (Å²) in [5.41, 5.74) is 2.10. The molecule has 138 valence electrons. The van der Waals surface area contributed by atoms with Crippen molar-refractivity contribution in [1.82, 2.24) is 19.7 Å². The van der Waals surface area contributed by atoms with Gasteiger partial charge in [-0.05, 0) is 36.8 Å². The Hall–Kier alpha value is -3.33. The lowest BCUT2D eigenvalue weighted by atomic mass is 10.2. The first-order valence-electron chi connectivity index (χ1n) is 7.86. The molecular formula is C18H16N4O4S. The van der Waals surface area contributed by atoms with Crippen molar-refractivity contribution in [2.75, 3.05) is 6.26 Å². The smallest absolute Gasteiger partial charge is 0.328 e. The van der Waals surface area contributed by atoms with Gasteiger partial charge in [-0.25, -0.2) is 13.2 Å². The fourth-order valence-corrected chi connectivity index (χ4v) is 3.06. The maximum Gasteiger partial charge on any atom is 0.328 e. The molecule has 1 N–H and O–H groups in total. The summed E-state index contributed by atoms with van der Waals surface area (Å²) in [6, 6.07) is 10.5. The maximum atomic E-state index is 11.6. The van der Waals surface area contributed by atoms with Crippen LogP contribution >= 0.6 is 0 Å². The second-order valence-electron chi connectivity index (χ2n) is 5.83. The van der Waals surface area contributed by atoms with E-state index >= 15 is 0 Å². The molecule has 2 aromatic heterocycles. The van der Waals surface area contributed by atoms with Crippen molar-refractivity contribution in [2.45, 2.75) is 11.8 Å². The third kappa shape index (κ3) is 3.93. The average molecular weight is 384 g/mol. The molecule has 0 aliphatic heterocycles. The van der Waals surface area contributed by atoms with E-state index in [1.54, 1.807) is 10.6 Å². The Kier molecular flexibility index (Phi) is 4.87. The van der Waals surface area contributed by atoms with E-state index in [1.807, 2.05) is 31.2 Å². The van der Waals surface area contributed by atoms with Gasteiger partial charge in [0.15, 0.2) is 21.5 Å². The predicted molar refractivity (Wildman–Crippen MR) is 99.1 cm³/mol. The second kappa shape index (κ2) is 7.12. The Bertz CT molecular complexity index is 1130. The van der Waals surface area contributed by atoms with E-state index in [-0.39, 0.29) is 4.90 Å². The number of hydrogen-bond acceptors (Lipinski definition) is 6. The van der Waals surface area contributed by atoms with Gasteiger partial charge in [0.25, 0.3) is 0 Å². The molecule has 0 saturated carbocycles. The van der Waals surface area contributed by atoms with Gasteiger partial charge in [0.2, 0.25) is 0 Å². The van der Waals surface area contributed by atoms with Crippen LogP contribution in [0, 0.1) is 6.92 Å². The van der Waals surface area contributed by atoms with Crippen LogP contribution in [0.5, 0.6) is 0 Å². The van der Waals surface area contributed by atoms with Crippen molar-refractivity contribution in [3.63, 3.8) is 0 Å². The monoisotopic (exact) mass is 384 g/mol. The minimum Gasteiger partial charge on any atom is -0.478 e. The van der Waals surface area contributed by atoms with Crippen LogP contribution < -0.4 is 0 Å². The molecule has 0 amide bonds. The summed E-state index contributed by atoms with van der Waals surface area (Å²) in [5.74, 6) is -0.420. The lowest BCUT2D eigenvalue weighted by Crippen LogP contribution is -2.04. The van der Waals surface area contributed by atoms with Gasteiger partial charge in [0.1, 0.15) is 5.69 Å². The molecule has 0 fully saturated rings. The first-order chi connectivity index (χ1) is 12.8. The molecule has 1 aromatic carbocycles. The van der Waals surface area contributed by atoms with Crippen molar-refractivity contribution < 1.29 is 18.3 Å². The third-order valence-electron chi connectivity index (χ3n) is 3.81. The van der Waals surface area contributed by atoms with Crippen molar-refractivity contribution in [2.24, 2.45) is 0 Å². The molecule has 0 atom stereocenters. The van der Waals surface area contributed by atoms with Crippen LogP contribution in [0.15, 0.2) is 53.6 Å². The Labute approximate surface area is 155 Å². The van der Waals surface area contributed by atoms with Crippen molar-refractivity contribution in [1.29, 1.82) is 0 Å². The highest BCUT2D eigenvalue weighted by atomic mass is 32.2. The van der Waals surface area contributed by atoms with Crippen LogP contribution in [-0.4, -0.2) is 45.5 Å². The minimum atomic E-state index is -3.37. The topological polar surface area (TPSA) is 115 Å². The zero-order valence-corrected chi connectivity index (χ0v) is 15.4. The highest BCUT2D eigenvalue weighted by Gasteiger charge is 2.17. The number of carboxylic acids is 1. The molecule has 0 unspecified atom stereocenters. The van der Waals surface area contributed by atoms with E-state index < -0.39 is 15.8 Å². The van der Waals surface area contributed by atoms with E-state index in [0.29, 0.717) is 17.3 Å². The molecule has 9 heteroatoms. The number of hydrogen-bond donors (Lipinski definition) is 1. The fraction of sp³-hybridized carbons (Fsp3) is 0.111. The number of aryl methyl sites for hydroxylation is 1. The number of carboxylic acid groups (broad SMARTS) is 1. The number of para-hydroxylation sites is 1. The van der Waals surface area contributed by atoms with Crippen LogP contribution in [0.25, 0.3) is 23.3 Å². The number of aliphatic carboxylic acids is 1. The molecule has 0 aliphatic rings. The van der Waals surface area contributed by atoms with Crippen LogP contribution in [0.4, 0.5) is 0 Å². The van der Waals surface area contributed by atoms with Crippen molar-refractivity contribution >= 4 is 21.9 Å². The zero-order chi connectivity index (χ0) is 19.6. The number of rotatable bonds is 5. The van der Waals surface area contributed by atoms with Gasteiger partial charge in [0, 0.05) is 18.5 Å². The molecule has 27 heavy (non-hydrogen) atoms. The van der Waals surface area contributed by atoms with Crippen LogP contribution in [0.2, 0.25) is 0 Å². The zero-order valence-electron chi connectivity index (χ0n) is 14.6. The molecule has 0 saturated heterocycles. The van der Waals surface area contributed by atoms with E-state index in [4.69, 9.17) is 5.11 Å². The van der Waals surface area contributed by atoms with E-state index in [2.05, 4.69) is 15.2 Å². The third-order valence-corrected chi connectivity index (χ3v) is 4.91. The van der Waals surface area contributed by atoms with Gasteiger partial charge in [-0.1, -0.05) is 18.2 Å². The first kappa shape index (κ1) is 18.5. The first-order valence-corrected chi connectivity index (χ1v) is 9.75. The standard InChI is InChI=1S/C18H16N4O4S/c1-12-5-3-4-6-15(12)22-16(9-10-17(23)24)20-21-18(22)14-8-7-13(11-19-14)27(2,25)26/h3-11H,1-2H3,(H,23,24)/b10-9+. The summed E-state index contributed by atoms with van der Waals surface area (Å²) < 4.78 is 24.9. The molecule has 2 heterocycles. The summed E-state index contributed by atoms with van der Waals surface area (Å²) in [5, 5.41) is 17.1. The van der Waals surface area contributed by atoms with Gasteiger partial charge >= 0.3 is 5.97 Å². The second-order valence-corrected chi connectivity index (χ2v) is 7.84. The SMILES string of the molecule is Cc1ccccc1-n1c(/C=C/C(=O)O)nnc1-c1ccc(S(C)(=O)=O)cn1. The minimum absolute atomic E-state index is 0.0965. The molecule has 0 aliphatic carbocycles. The Morgan fingerprint density at radius 3 is 2.48 bits per heavy atom. The number of nitrogens with zero attached hydrogens (tertiary/aromatic N) is 4. The van der Waals surface area contributed by atoms with Crippen LogP contribution in [0.3, 0.4) is 0 Å². The average Bonchev–Trinajstić information content (AvgIpc) is 3.03. The van der Waals surface area contributed by atoms with Gasteiger partial charge in [0.05, 0.1) is 10.6 Å². The van der Waals surface area contributed by atoms with Gasteiger partial charge in [-0.15, -0.1) is 10.2 Å². The molecule has 8 nitrogen and oxygen atoms in total. The van der Waals surface area contributed by atoms with Crippen molar-refractivity contribution in [3.8, 4) is 17.2 Å². The number of benzene rings is 1. The molecular weight excluding hydrogens is 368 g/mol.